The summed E-state index contributed by atoms with van der Waals surface area (Å²) in [5.41, 5.74) is 6.32. The zero-order valence-electron chi connectivity index (χ0n) is 9.71. The minimum atomic E-state index is 0.523. The Morgan fingerprint density at radius 3 is 2.21 bits per heavy atom. The maximum absolute atomic E-state index is 6.32. The van der Waals surface area contributed by atoms with Crippen molar-refractivity contribution in [1.82, 2.24) is 0 Å². The highest BCUT2D eigenvalue weighted by molar-refractivity contribution is 5.05. The van der Waals surface area contributed by atoms with Gasteiger partial charge in [0.1, 0.15) is 0 Å². The number of hydrogen-bond donors (Lipinski definition) is 1. The van der Waals surface area contributed by atoms with Crippen LogP contribution in [-0.2, 0) is 0 Å². The monoisotopic (exact) mass is 195 g/mol. The Bertz CT molecular complexity index is 176. The molecule has 2 N–H and O–H groups in total. The summed E-state index contributed by atoms with van der Waals surface area (Å²) in [4.78, 5) is 0. The normalized spacial score (nSPS) is 37.3. The van der Waals surface area contributed by atoms with E-state index in [4.69, 9.17) is 5.73 Å². The van der Waals surface area contributed by atoms with Gasteiger partial charge >= 0.3 is 0 Å². The van der Waals surface area contributed by atoms with Gasteiger partial charge in [-0.15, -0.1) is 0 Å². The highest BCUT2D eigenvalue weighted by Crippen LogP contribution is 2.59. The molecule has 0 saturated heterocycles. The molecule has 82 valence electrons. The molecule has 2 rings (SSSR count). The molecule has 0 aromatic heterocycles. The molecule has 2 aliphatic carbocycles. The second kappa shape index (κ2) is 4.22. The van der Waals surface area contributed by atoms with Gasteiger partial charge in [-0.3, -0.25) is 0 Å². The van der Waals surface area contributed by atoms with Gasteiger partial charge in [-0.25, -0.2) is 0 Å². The lowest BCUT2D eigenvalue weighted by atomic mass is 9.91. The van der Waals surface area contributed by atoms with Gasteiger partial charge < -0.3 is 5.73 Å². The molecule has 0 bridgehead atoms. The van der Waals surface area contributed by atoms with Crippen LogP contribution in [0.1, 0.15) is 52.4 Å². The molecule has 0 aromatic carbocycles. The van der Waals surface area contributed by atoms with E-state index in [0.29, 0.717) is 6.04 Å². The molecular formula is C13H25N. The van der Waals surface area contributed by atoms with Gasteiger partial charge in [0.05, 0.1) is 0 Å². The summed E-state index contributed by atoms with van der Waals surface area (Å²) in [6, 6.07) is 0.523. The van der Waals surface area contributed by atoms with E-state index in [1.165, 1.54) is 38.5 Å². The molecule has 14 heavy (non-hydrogen) atoms. The first kappa shape index (κ1) is 10.5. The molecule has 3 unspecified atom stereocenters. The molecule has 0 radical (unpaired) electrons. The molecule has 2 saturated carbocycles. The van der Waals surface area contributed by atoms with Crippen molar-refractivity contribution >= 4 is 0 Å². The number of nitrogens with two attached hydrogens (primary N) is 1. The first-order valence-electron chi connectivity index (χ1n) is 6.53. The van der Waals surface area contributed by atoms with Crippen molar-refractivity contribution in [2.24, 2.45) is 29.4 Å². The summed E-state index contributed by atoms with van der Waals surface area (Å²) >= 11 is 0. The van der Waals surface area contributed by atoms with Gasteiger partial charge in [0.25, 0.3) is 0 Å². The molecule has 2 aliphatic rings. The Morgan fingerprint density at radius 1 is 1.14 bits per heavy atom. The van der Waals surface area contributed by atoms with Crippen LogP contribution < -0.4 is 5.73 Å². The zero-order valence-corrected chi connectivity index (χ0v) is 9.71. The molecule has 1 nitrogen and oxygen atoms in total. The third kappa shape index (κ3) is 1.84. The second-order valence-corrected chi connectivity index (χ2v) is 5.42. The summed E-state index contributed by atoms with van der Waals surface area (Å²) in [7, 11) is 0. The van der Waals surface area contributed by atoms with Gasteiger partial charge in [0, 0.05) is 6.04 Å². The van der Waals surface area contributed by atoms with Crippen LogP contribution in [0, 0.1) is 23.7 Å². The maximum atomic E-state index is 6.32. The Balaban J connectivity index is 1.76. The average Bonchev–Trinajstić information content (AvgIpc) is 2.69. The van der Waals surface area contributed by atoms with Crippen LogP contribution in [0.3, 0.4) is 0 Å². The quantitative estimate of drug-likeness (QED) is 0.716. The van der Waals surface area contributed by atoms with E-state index in [1.54, 1.807) is 0 Å². The molecule has 0 amide bonds. The van der Waals surface area contributed by atoms with E-state index in [2.05, 4.69) is 13.8 Å². The van der Waals surface area contributed by atoms with E-state index in [-0.39, 0.29) is 0 Å². The summed E-state index contributed by atoms with van der Waals surface area (Å²) < 4.78 is 0. The van der Waals surface area contributed by atoms with Crippen LogP contribution >= 0.6 is 0 Å². The lowest BCUT2D eigenvalue weighted by Gasteiger charge is -2.19. The average molecular weight is 195 g/mol. The van der Waals surface area contributed by atoms with E-state index in [9.17, 15) is 0 Å². The van der Waals surface area contributed by atoms with Crippen molar-refractivity contribution in [2.45, 2.75) is 58.4 Å². The molecule has 1 heteroatoms. The van der Waals surface area contributed by atoms with Crippen molar-refractivity contribution < 1.29 is 0 Å². The Hall–Kier alpha value is -0.0400. The molecule has 0 spiro atoms. The van der Waals surface area contributed by atoms with Crippen molar-refractivity contribution in [3.63, 3.8) is 0 Å². The molecule has 3 atom stereocenters. The van der Waals surface area contributed by atoms with Crippen LogP contribution in [0.15, 0.2) is 0 Å². The summed E-state index contributed by atoms with van der Waals surface area (Å²) in [6.45, 7) is 4.60. The topological polar surface area (TPSA) is 26.0 Å². The van der Waals surface area contributed by atoms with Crippen molar-refractivity contribution in [3.8, 4) is 0 Å². The largest absolute Gasteiger partial charge is 0.327 e. The van der Waals surface area contributed by atoms with Crippen LogP contribution in [0.25, 0.3) is 0 Å². The minimum Gasteiger partial charge on any atom is -0.327 e. The molecule has 0 aromatic rings. The van der Waals surface area contributed by atoms with Crippen LogP contribution in [0.4, 0.5) is 0 Å². The van der Waals surface area contributed by atoms with Gasteiger partial charge in [0.2, 0.25) is 0 Å². The van der Waals surface area contributed by atoms with Gasteiger partial charge in [0.15, 0.2) is 0 Å². The number of rotatable bonds is 5. The molecule has 0 aliphatic heterocycles. The summed E-state index contributed by atoms with van der Waals surface area (Å²) in [5.74, 6) is 3.88. The van der Waals surface area contributed by atoms with Crippen molar-refractivity contribution in [1.29, 1.82) is 0 Å². The zero-order chi connectivity index (χ0) is 10.1. The molecular weight excluding hydrogens is 170 g/mol. The fourth-order valence-electron chi connectivity index (χ4n) is 3.68. The van der Waals surface area contributed by atoms with Crippen molar-refractivity contribution in [3.05, 3.63) is 0 Å². The maximum Gasteiger partial charge on any atom is 0.00752 e. The van der Waals surface area contributed by atoms with Gasteiger partial charge in [-0.2, -0.15) is 0 Å². The second-order valence-electron chi connectivity index (χ2n) is 5.42. The lowest BCUT2D eigenvalue weighted by Crippen LogP contribution is -2.27. The SMILES string of the molecule is CCC(CC)CC(N)C1C2CCCC21. The number of hydrogen-bond acceptors (Lipinski definition) is 1. The molecule has 2 fully saturated rings. The Kier molecular flexibility index (Phi) is 3.16. The first-order chi connectivity index (χ1) is 6.77. The standard InChI is InChI=1S/C13H25N/c1-3-9(4-2)8-12(14)13-10-6-5-7-11(10)13/h9-13H,3-8,14H2,1-2H3. The fourth-order valence-corrected chi connectivity index (χ4v) is 3.68. The van der Waals surface area contributed by atoms with E-state index in [1.807, 2.05) is 0 Å². The minimum absolute atomic E-state index is 0.523. The predicted octanol–water partition coefficient (Wildman–Crippen LogP) is 3.19. The van der Waals surface area contributed by atoms with E-state index < -0.39 is 0 Å². The Morgan fingerprint density at radius 2 is 1.71 bits per heavy atom. The molecule has 0 heterocycles. The smallest absolute Gasteiger partial charge is 0.00752 e. The highest BCUT2D eigenvalue weighted by Gasteiger charge is 2.54. The first-order valence-corrected chi connectivity index (χ1v) is 6.53. The lowest BCUT2D eigenvalue weighted by molar-refractivity contribution is 0.362. The number of fused-ring (bicyclic) bond motifs is 1. The van der Waals surface area contributed by atoms with Crippen LogP contribution in [0.5, 0.6) is 0 Å². The van der Waals surface area contributed by atoms with Crippen molar-refractivity contribution in [2.75, 3.05) is 0 Å². The summed E-state index contributed by atoms with van der Waals surface area (Å²) in [5, 5.41) is 0. The van der Waals surface area contributed by atoms with Crippen LogP contribution in [0.2, 0.25) is 0 Å². The fraction of sp³-hybridized carbons (Fsp3) is 1.00. The van der Waals surface area contributed by atoms with Gasteiger partial charge in [-0.05, 0) is 42.9 Å². The summed E-state index contributed by atoms with van der Waals surface area (Å²) in [6.07, 6.45) is 8.34. The third-order valence-corrected chi connectivity index (χ3v) is 4.73. The Labute approximate surface area is 88.4 Å². The van der Waals surface area contributed by atoms with Gasteiger partial charge in [-0.1, -0.05) is 33.1 Å². The van der Waals surface area contributed by atoms with E-state index >= 15 is 0 Å². The predicted molar refractivity (Wildman–Crippen MR) is 61.0 cm³/mol. The highest BCUT2D eigenvalue weighted by atomic mass is 14.7. The third-order valence-electron chi connectivity index (χ3n) is 4.73. The van der Waals surface area contributed by atoms with E-state index in [0.717, 1.165) is 23.7 Å². The van der Waals surface area contributed by atoms with Crippen LogP contribution in [-0.4, -0.2) is 6.04 Å².